The fourth-order valence-electron chi connectivity index (χ4n) is 1.73. The summed E-state index contributed by atoms with van der Waals surface area (Å²) in [6.07, 6.45) is 0. The lowest BCUT2D eigenvalue weighted by molar-refractivity contribution is 0.270. The van der Waals surface area contributed by atoms with Gasteiger partial charge in [0, 0.05) is 25.3 Å². The number of nitrogens with zero attached hydrogens (tertiary/aromatic N) is 1. The van der Waals surface area contributed by atoms with Gasteiger partial charge in [-0.05, 0) is 37.1 Å². The second-order valence-corrected chi connectivity index (χ2v) is 5.33. The van der Waals surface area contributed by atoms with Gasteiger partial charge < -0.3 is 15.3 Å². The molecule has 3 heteroatoms. The topological polar surface area (TPSA) is 35.5 Å². The molecule has 102 valence electrons. The predicted molar refractivity (Wildman–Crippen MR) is 77.9 cm³/mol. The Bertz CT molecular complexity index is 335. The molecule has 0 aliphatic carbocycles. The highest BCUT2D eigenvalue weighted by molar-refractivity contribution is 5.47. The van der Waals surface area contributed by atoms with E-state index in [2.05, 4.69) is 48.3 Å². The fourth-order valence-corrected chi connectivity index (χ4v) is 1.73. The van der Waals surface area contributed by atoms with Gasteiger partial charge in [0.1, 0.15) is 0 Å². The summed E-state index contributed by atoms with van der Waals surface area (Å²) in [6, 6.07) is 8.65. The zero-order chi connectivity index (χ0) is 13.5. The standard InChI is InChI=1S/C15H26N2O/c1-12(2)9-16-10-14-5-7-15(8-6-14)17(4)13(3)11-18/h5-8,12-13,16,18H,9-11H2,1-4H3. The third-order valence-electron chi connectivity index (χ3n) is 3.15. The molecule has 0 amide bonds. The van der Waals surface area contributed by atoms with Gasteiger partial charge in [-0.25, -0.2) is 0 Å². The first-order chi connectivity index (χ1) is 8.54. The van der Waals surface area contributed by atoms with Gasteiger partial charge in [-0.3, -0.25) is 0 Å². The zero-order valence-corrected chi connectivity index (χ0v) is 12.0. The summed E-state index contributed by atoms with van der Waals surface area (Å²) in [4.78, 5) is 2.09. The van der Waals surface area contributed by atoms with Gasteiger partial charge in [-0.2, -0.15) is 0 Å². The van der Waals surface area contributed by atoms with Crippen molar-refractivity contribution >= 4 is 5.69 Å². The molecule has 18 heavy (non-hydrogen) atoms. The molecule has 1 atom stereocenters. The smallest absolute Gasteiger partial charge is 0.0632 e. The summed E-state index contributed by atoms with van der Waals surface area (Å²) < 4.78 is 0. The summed E-state index contributed by atoms with van der Waals surface area (Å²) in [7, 11) is 2.01. The molecule has 0 spiro atoms. The molecule has 0 aliphatic rings. The molecule has 1 aromatic rings. The third kappa shape index (κ3) is 4.67. The first kappa shape index (κ1) is 15.0. The first-order valence-electron chi connectivity index (χ1n) is 6.68. The highest BCUT2D eigenvalue weighted by atomic mass is 16.3. The van der Waals surface area contributed by atoms with Gasteiger partial charge in [0.15, 0.2) is 0 Å². The quantitative estimate of drug-likeness (QED) is 0.779. The van der Waals surface area contributed by atoms with Gasteiger partial charge in [-0.1, -0.05) is 26.0 Å². The Kier molecular flexibility index (Phi) is 6.16. The highest BCUT2D eigenvalue weighted by Gasteiger charge is 2.08. The molecule has 0 fully saturated rings. The van der Waals surface area contributed by atoms with Crippen LogP contribution >= 0.6 is 0 Å². The van der Waals surface area contributed by atoms with E-state index in [4.69, 9.17) is 5.11 Å². The molecule has 0 aromatic heterocycles. The van der Waals surface area contributed by atoms with Crippen molar-refractivity contribution in [2.45, 2.75) is 33.4 Å². The largest absolute Gasteiger partial charge is 0.394 e. The van der Waals surface area contributed by atoms with Crippen LogP contribution in [-0.2, 0) is 6.54 Å². The van der Waals surface area contributed by atoms with E-state index in [0.29, 0.717) is 5.92 Å². The van der Waals surface area contributed by atoms with Gasteiger partial charge in [-0.15, -0.1) is 0 Å². The van der Waals surface area contributed by atoms with E-state index in [1.54, 1.807) is 0 Å². The lowest BCUT2D eigenvalue weighted by atomic mass is 10.1. The van der Waals surface area contributed by atoms with E-state index in [0.717, 1.165) is 18.8 Å². The van der Waals surface area contributed by atoms with Crippen molar-refractivity contribution in [1.82, 2.24) is 5.32 Å². The van der Waals surface area contributed by atoms with E-state index in [-0.39, 0.29) is 12.6 Å². The summed E-state index contributed by atoms with van der Waals surface area (Å²) >= 11 is 0. The normalized spacial score (nSPS) is 12.8. The highest BCUT2D eigenvalue weighted by Crippen LogP contribution is 2.16. The number of hydrogen-bond donors (Lipinski definition) is 2. The number of nitrogens with one attached hydrogen (secondary N) is 1. The maximum atomic E-state index is 9.14. The van der Waals surface area contributed by atoms with Gasteiger partial charge in [0.05, 0.1) is 6.61 Å². The van der Waals surface area contributed by atoms with Crippen molar-refractivity contribution in [3.63, 3.8) is 0 Å². The molecular formula is C15H26N2O. The average molecular weight is 250 g/mol. The zero-order valence-electron chi connectivity index (χ0n) is 12.0. The summed E-state index contributed by atoms with van der Waals surface area (Å²) in [5, 5.41) is 12.6. The minimum atomic E-state index is 0.148. The molecular weight excluding hydrogens is 224 g/mol. The van der Waals surface area contributed by atoms with Crippen LogP contribution in [0.2, 0.25) is 0 Å². The van der Waals surface area contributed by atoms with Crippen molar-refractivity contribution in [3.8, 4) is 0 Å². The second-order valence-electron chi connectivity index (χ2n) is 5.33. The molecule has 0 saturated heterocycles. The van der Waals surface area contributed by atoms with E-state index in [1.807, 2.05) is 14.0 Å². The molecule has 0 saturated carbocycles. The molecule has 2 N–H and O–H groups in total. The summed E-state index contributed by atoms with van der Waals surface area (Å²) in [6.45, 7) is 8.57. The van der Waals surface area contributed by atoms with Gasteiger partial charge in [0.25, 0.3) is 0 Å². The van der Waals surface area contributed by atoms with Crippen LogP contribution in [0.3, 0.4) is 0 Å². The van der Waals surface area contributed by atoms with Crippen LogP contribution in [-0.4, -0.2) is 31.3 Å². The Morgan fingerprint density at radius 3 is 2.28 bits per heavy atom. The number of likely N-dealkylation sites (N-methyl/N-ethyl adjacent to an activating group) is 1. The SMILES string of the molecule is CC(C)CNCc1ccc(N(C)C(C)CO)cc1. The van der Waals surface area contributed by atoms with Crippen LogP contribution in [0.5, 0.6) is 0 Å². The molecule has 0 bridgehead atoms. The van der Waals surface area contributed by atoms with Crippen LogP contribution in [0.15, 0.2) is 24.3 Å². The maximum absolute atomic E-state index is 9.14. The van der Waals surface area contributed by atoms with Crippen LogP contribution in [0.25, 0.3) is 0 Å². The van der Waals surface area contributed by atoms with Crippen molar-refractivity contribution in [2.75, 3.05) is 25.1 Å². The number of benzene rings is 1. The Morgan fingerprint density at radius 2 is 1.78 bits per heavy atom. The first-order valence-corrected chi connectivity index (χ1v) is 6.68. The van der Waals surface area contributed by atoms with Gasteiger partial charge >= 0.3 is 0 Å². The summed E-state index contributed by atoms with van der Waals surface area (Å²) in [5.41, 5.74) is 2.44. The van der Waals surface area contributed by atoms with E-state index in [9.17, 15) is 0 Å². The molecule has 0 radical (unpaired) electrons. The number of hydrogen-bond acceptors (Lipinski definition) is 3. The van der Waals surface area contributed by atoms with Crippen LogP contribution in [0.4, 0.5) is 5.69 Å². The van der Waals surface area contributed by atoms with Gasteiger partial charge in [0.2, 0.25) is 0 Å². The van der Waals surface area contributed by atoms with E-state index in [1.165, 1.54) is 5.56 Å². The van der Waals surface area contributed by atoms with Crippen molar-refractivity contribution in [3.05, 3.63) is 29.8 Å². The molecule has 0 aliphatic heterocycles. The van der Waals surface area contributed by atoms with Crippen molar-refractivity contribution in [1.29, 1.82) is 0 Å². The van der Waals surface area contributed by atoms with Crippen LogP contribution in [0, 0.1) is 5.92 Å². The molecule has 1 rings (SSSR count). The molecule has 1 aromatic carbocycles. The fraction of sp³-hybridized carbons (Fsp3) is 0.600. The van der Waals surface area contributed by atoms with Crippen LogP contribution < -0.4 is 10.2 Å². The molecule has 1 unspecified atom stereocenters. The number of anilines is 1. The lowest BCUT2D eigenvalue weighted by Gasteiger charge is -2.25. The Labute approximate surface area is 111 Å². The monoisotopic (exact) mass is 250 g/mol. The van der Waals surface area contributed by atoms with Crippen molar-refractivity contribution in [2.24, 2.45) is 5.92 Å². The minimum absolute atomic E-state index is 0.148. The van der Waals surface area contributed by atoms with E-state index < -0.39 is 0 Å². The van der Waals surface area contributed by atoms with Crippen molar-refractivity contribution < 1.29 is 5.11 Å². The predicted octanol–water partition coefficient (Wildman–Crippen LogP) is 2.25. The number of aliphatic hydroxyl groups is 1. The molecule has 0 heterocycles. The lowest BCUT2D eigenvalue weighted by Crippen LogP contribution is -2.31. The third-order valence-corrected chi connectivity index (χ3v) is 3.15. The Morgan fingerprint density at radius 1 is 1.17 bits per heavy atom. The minimum Gasteiger partial charge on any atom is -0.394 e. The second kappa shape index (κ2) is 7.39. The molecule has 3 nitrogen and oxygen atoms in total. The van der Waals surface area contributed by atoms with E-state index >= 15 is 0 Å². The summed E-state index contributed by atoms with van der Waals surface area (Å²) in [5.74, 6) is 0.681. The number of rotatable bonds is 7. The Balaban J connectivity index is 2.52. The Hall–Kier alpha value is -1.06. The maximum Gasteiger partial charge on any atom is 0.0632 e. The van der Waals surface area contributed by atoms with Crippen LogP contribution in [0.1, 0.15) is 26.3 Å². The average Bonchev–Trinajstić information content (AvgIpc) is 2.37. The number of aliphatic hydroxyl groups excluding tert-OH is 1.